The van der Waals surface area contributed by atoms with Crippen LogP contribution < -0.4 is 0 Å². The first kappa shape index (κ1) is 11.0. The van der Waals surface area contributed by atoms with Crippen LogP contribution in [-0.4, -0.2) is 29.3 Å². The van der Waals surface area contributed by atoms with Crippen LogP contribution in [0.4, 0.5) is 0 Å². The number of rotatable bonds is 2. The Morgan fingerprint density at radius 1 is 1.42 bits per heavy atom. The van der Waals surface area contributed by atoms with E-state index in [9.17, 15) is 13.2 Å². The minimum absolute atomic E-state index is 0.757. The van der Waals surface area contributed by atoms with Gasteiger partial charge >= 0.3 is 5.04 Å². The van der Waals surface area contributed by atoms with Gasteiger partial charge in [-0.15, -0.1) is 4.79 Å². The van der Waals surface area contributed by atoms with Gasteiger partial charge in [-0.1, -0.05) is 0 Å². The highest BCUT2D eigenvalue weighted by Crippen LogP contribution is 2.02. The number of hydrogen-bond acceptors (Lipinski definition) is 3. The largest absolute Gasteiger partial charge is 0.447 e. The average molecular weight is 190 g/mol. The lowest BCUT2D eigenvalue weighted by atomic mass is 10.5. The van der Waals surface area contributed by atoms with E-state index >= 15 is 0 Å². The van der Waals surface area contributed by atoms with Crippen molar-refractivity contribution in [2.45, 2.75) is 26.0 Å². The van der Waals surface area contributed by atoms with Crippen LogP contribution in [0, 0.1) is 0 Å². The van der Waals surface area contributed by atoms with Crippen molar-refractivity contribution >= 4 is 20.7 Å². The number of carbonyl (C=O) groups is 1. The van der Waals surface area contributed by atoms with E-state index in [1.54, 1.807) is 0 Å². The van der Waals surface area contributed by atoms with Gasteiger partial charge in [0.25, 0.3) is 15.6 Å². The van der Waals surface area contributed by atoms with Gasteiger partial charge in [0.15, 0.2) is 0 Å². The van der Waals surface area contributed by atoms with E-state index in [2.05, 4.69) is 4.79 Å². The zero-order chi connectivity index (χ0) is 9.94. The van der Waals surface area contributed by atoms with Crippen molar-refractivity contribution in [3.63, 3.8) is 0 Å². The smallest absolute Gasteiger partial charge is 0.360 e. The molecule has 68 valence electrons. The first-order chi connectivity index (χ1) is 5.34. The van der Waals surface area contributed by atoms with Gasteiger partial charge in [0.2, 0.25) is 0 Å². The van der Waals surface area contributed by atoms with Crippen molar-refractivity contribution in [1.29, 1.82) is 0 Å². The standard InChI is InChI=1S/C6H10N2O3S/c1-4(2)12(10,11)6(8-7)5(3)9/h4H,1-3H3. The highest BCUT2D eigenvalue weighted by atomic mass is 32.2. The third-order valence-corrected chi connectivity index (χ3v) is 3.43. The Bertz CT molecular complexity index is 336. The molecule has 0 aromatic heterocycles. The van der Waals surface area contributed by atoms with Gasteiger partial charge in [0, 0.05) is 6.92 Å². The van der Waals surface area contributed by atoms with E-state index in [0.29, 0.717) is 0 Å². The molecular formula is C6H10N2O3S. The van der Waals surface area contributed by atoms with Gasteiger partial charge in [-0.3, -0.25) is 4.79 Å². The van der Waals surface area contributed by atoms with Crippen LogP contribution in [0.25, 0.3) is 5.53 Å². The lowest BCUT2D eigenvalue weighted by Gasteiger charge is -1.99. The molecule has 0 spiro atoms. The molecule has 0 heterocycles. The molecular weight excluding hydrogens is 180 g/mol. The van der Waals surface area contributed by atoms with Crippen LogP contribution in [0.5, 0.6) is 0 Å². The highest BCUT2D eigenvalue weighted by Gasteiger charge is 2.35. The SMILES string of the molecule is CC(=O)C(=[N+]=[N-])S(=O)(=O)C(C)C. The summed E-state index contributed by atoms with van der Waals surface area (Å²) in [5.74, 6) is -0.758. The first-order valence-electron chi connectivity index (χ1n) is 3.31. The van der Waals surface area contributed by atoms with E-state index in [1.165, 1.54) is 13.8 Å². The Labute approximate surface area is 70.9 Å². The molecule has 0 aliphatic heterocycles. The van der Waals surface area contributed by atoms with Crippen molar-refractivity contribution in [3.8, 4) is 0 Å². The summed E-state index contributed by atoms with van der Waals surface area (Å²) < 4.78 is 22.4. The van der Waals surface area contributed by atoms with Gasteiger partial charge in [0.05, 0.1) is 5.25 Å². The van der Waals surface area contributed by atoms with E-state index < -0.39 is 25.9 Å². The number of sulfone groups is 1. The second-order valence-electron chi connectivity index (χ2n) is 2.56. The number of nitrogens with zero attached hydrogens (tertiary/aromatic N) is 2. The molecule has 0 unspecified atom stereocenters. The highest BCUT2D eigenvalue weighted by molar-refractivity contribution is 8.08. The molecule has 0 aromatic rings. The van der Waals surface area contributed by atoms with Crippen LogP contribution in [-0.2, 0) is 14.6 Å². The molecule has 0 fully saturated rings. The molecule has 0 aliphatic carbocycles. The fraction of sp³-hybridized carbons (Fsp3) is 0.667. The molecule has 0 radical (unpaired) electrons. The predicted octanol–water partition coefficient (Wildman–Crippen LogP) is 0.0269. The van der Waals surface area contributed by atoms with Crippen LogP contribution >= 0.6 is 0 Å². The maximum Gasteiger partial charge on any atom is 0.447 e. The van der Waals surface area contributed by atoms with Crippen LogP contribution in [0.15, 0.2) is 0 Å². The minimum Gasteiger partial charge on any atom is -0.360 e. The Kier molecular flexibility index (Phi) is 3.30. The minimum atomic E-state index is -3.74. The molecule has 0 rings (SSSR count). The summed E-state index contributed by atoms with van der Waals surface area (Å²) >= 11 is 0. The maximum atomic E-state index is 11.2. The number of ketones is 1. The summed E-state index contributed by atoms with van der Waals surface area (Å²) in [6.07, 6.45) is 0. The average Bonchev–Trinajstić information content (AvgIpc) is 1.86. The summed E-state index contributed by atoms with van der Waals surface area (Å²) in [6.45, 7) is 3.85. The van der Waals surface area contributed by atoms with Gasteiger partial charge in [-0.25, -0.2) is 8.42 Å². The number of Topliss-reactive ketones (excluding diaryl/α,β-unsaturated/α-hetero) is 1. The fourth-order valence-electron chi connectivity index (χ4n) is 0.551. The fourth-order valence-corrected chi connectivity index (χ4v) is 1.51. The molecule has 0 bridgehead atoms. The molecule has 5 nitrogen and oxygen atoms in total. The van der Waals surface area contributed by atoms with Crippen molar-refractivity contribution < 1.29 is 18.0 Å². The summed E-state index contributed by atoms with van der Waals surface area (Å²) in [4.78, 5) is 13.1. The summed E-state index contributed by atoms with van der Waals surface area (Å²) in [5, 5.41) is -1.54. The van der Waals surface area contributed by atoms with Crippen molar-refractivity contribution in [3.05, 3.63) is 5.53 Å². The lowest BCUT2D eigenvalue weighted by Crippen LogP contribution is -2.29. The predicted molar refractivity (Wildman–Crippen MR) is 43.4 cm³/mol. The Balaban J connectivity index is 5.33. The monoisotopic (exact) mass is 190 g/mol. The molecule has 6 heteroatoms. The molecule has 0 saturated carbocycles. The van der Waals surface area contributed by atoms with Gasteiger partial charge in [-0.05, 0) is 13.8 Å². The second kappa shape index (κ2) is 3.60. The quantitative estimate of drug-likeness (QED) is 0.266. The third-order valence-electron chi connectivity index (χ3n) is 1.28. The van der Waals surface area contributed by atoms with E-state index in [0.717, 1.165) is 6.92 Å². The normalized spacial score (nSPS) is 11.0. The van der Waals surface area contributed by atoms with E-state index in [-0.39, 0.29) is 0 Å². The lowest BCUT2D eigenvalue weighted by molar-refractivity contribution is -0.114. The van der Waals surface area contributed by atoms with Crippen LogP contribution in [0.1, 0.15) is 20.8 Å². The van der Waals surface area contributed by atoms with E-state index in [4.69, 9.17) is 5.53 Å². The van der Waals surface area contributed by atoms with Crippen molar-refractivity contribution in [1.82, 2.24) is 0 Å². The zero-order valence-electron chi connectivity index (χ0n) is 7.10. The Morgan fingerprint density at radius 3 is 1.92 bits per heavy atom. The Hall–Kier alpha value is -1.00. The molecule has 0 aromatic carbocycles. The van der Waals surface area contributed by atoms with Crippen molar-refractivity contribution in [2.24, 2.45) is 0 Å². The summed E-state index contributed by atoms with van der Waals surface area (Å²) in [6, 6.07) is 0. The molecule has 12 heavy (non-hydrogen) atoms. The zero-order valence-corrected chi connectivity index (χ0v) is 7.92. The number of hydrogen-bond donors (Lipinski definition) is 0. The molecule has 0 amide bonds. The van der Waals surface area contributed by atoms with Crippen LogP contribution in [0.3, 0.4) is 0 Å². The van der Waals surface area contributed by atoms with Gasteiger partial charge < -0.3 is 5.53 Å². The Morgan fingerprint density at radius 2 is 1.83 bits per heavy atom. The topological polar surface area (TPSA) is 87.6 Å². The van der Waals surface area contributed by atoms with Crippen molar-refractivity contribution in [2.75, 3.05) is 0 Å². The molecule has 0 aliphatic rings. The van der Waals surface area contributed by atoms with Gasteiger partial charge in [-0.2, -0.15) is 0 Å². The summed E-state index contributed by atoms with van der Waals surface area (Å²) in [7, 11) is -3.74. The molecule has 0 saturated heterocycles. The molecule has 0 N–H and O–H groups in total. The third kappa shape index (κ3) is 1.99. The second-order valence-corrected chi connectivity index (χ2v) is 4.97. The maximum absolute atomic E-state index is 11.2. The summed E-state index contributed by atoms with van der Waals surface area (Å²) in [5.41, 5.74) is 8.27. The first-order valence-corrected chi connectivity index (χ1v) is 4.85. The number of carbonyl (C=O) groups excluding carboxylic acids is 1. The van der Waals surface area contributed by atoms with Gasteiger partial charge in [0.1, 0.15) is 0 Å². The molecule has 0 atom stereocenters. The van der Waals surface area contributed by atoms with Crippen LogP contribution in [0.2, 0.25) is 0 Å². The van der Waals surface area contributed by atoms with E-state index in [1.807, 2.05) is 0 Å².